The molecular weight excluding hydrogens is 396 g/mol. The monoisotopic (exact) mass is 424 g/mol. The summed E-state index contributed by atoms with van der Waals surface area (Å²) in [4.78, 5) is 26.7. The zero-order valence-electron chi connectivity index (χ0n) is 18.1. The van der Waals surface area contributed by atoms with Gasteiger partial charge in [0.15, 0.2) is 0 Å². The van der Waals surface area contributed by atoms with Crippen molar-refractivity contribution in [2.24, 2.45) is 0 Å². The number of carbonyl (C=O) groups is 2. The summed E-state index contributed by atoms with van der Waals surface area (Å²) < 4.78 is 5.22. The van der Waals surface area contributed by atoms with Gasteiger partial charge in [-0.3, -0.25) is 9.59 Å². The van der Waals surface area contributed by atoms with Crippen LogP contribution in [0, 0.1) is 19.3 Å². The normalized spacial score (nSPS) is 16.4. The molecule has 0 spiro atoms. The Labute approximate surface area is 181 Å². The lowest BCUT2D eigenvalue weighted by molar-refractivity contribution is -0.138. The van der Waals surface area contributed by atoms with Gasteiger partial charge in [-0.2, -0.15) is 0 Å². The third kappa shape index (κ3) is 5.39. The lowest BCUT2D eigenvalue weighted by Gasteiger charge is -2.24. The fourth-order valence-electron chi connectivity index (χ4n) is 3.89. The molecule has 8 nitrogen and oxygen atoms in total. The molecule has 1 aromatic carbocycles. The maximum absolute atomic E-state index is 12.7. The maximum atomic E-state index is 12.7. The number of aliphatic hydroxyl groups is 1. The first-order valence-corrected chi connectivity index (χ1v) is 10.3. The van der Waals surface area contributed by atoms with E-state index in [1.165, 1.54) is 17.9 Å². The van der Waals surface area contributed by atoms with Gasteiger partial charge in [0.2, 0.25) is 11.8 Å². The highest BCUT2D eigenvalue weighted by atomic mass is 16.5. The maximum Gasteiger partial charge on any atom is 0.243 e. The summed E-state index contributed by atoms with van der Waals surface area (Å²) >= 11 is 0. The number of benzene rings is 1. The van der Waals surface area contributed by atoms with Crippen molar-refractivity contribution < 1.29 is 19.2 Å². The van der Waals surface area contributed by atoms with Crippen molar-refractivity contribution in [2.45, 2.75) is 52.6 Å². The van der Waals surface area contributed by atoms with Gasteiger partial charge in [0.25, 0.3) is 0 Å². The number of aliphatic hydroxyl groups excluding tert-OH is 1. The summed E-state index contributed by atoms with van der Waals surface area (Å²) in [5.74, 6) is 0.0898. The van der Waals surface area contributed by atoms with Crippen LogP contribution in [-0.2, 0) is 16.1 Å². The zero-order valence-corrected chi connectivity index (χ0v) is 18.1. The fourth-order valence-corrected chi connectivity index (χ4v) is 3.89. The van der Waals surface area contributed by atoms with Crippen molar-refractivity contribution in [1.29, 1.82) is 5.41 Å². The van der Waals surface area contributed by atoms with Crippen LogP contribution in [0.3, 0.4) is 0 Å². The number of likely N-dealkylation sites (tertiary alicyclic amines) is 1. The Morgan fingerprint density at radius 3 is 2.65 bits per heavy atom. The van der Waals surface area contributed by atoms with Gasteiger partial charge in [-0.15, -0.1) is 0 Å². The fraction of sp³-hybridized carbons (Fsp3) is 0.391. The molecule has 0 bridgehead atoms. The molecule has 1 fully saturated rings. The van der Waals surface area contributed by atoms with E-state index in [4.69, 9.17) is 9.93 Å². The van der Waals surface area contributed by atoms with Crippen LogP contribution in [0.15, 0.2) is 40.6 Å². The molecule has 8 heteroatoms. The first kappa shape index (κ1) is 22.3. The Balaban J connectivity index is 1.58. The Morgan fingerprint density at radius 1 is 1.32 bits per heavy atom. The predicted octanol–water partition coefficient (Wildman–Crippen LogP) is 3.44. The van der Waals surface area contributed by atoms with Gasteiger partial charge in [-0.1, -0.05) is 29.4 Å². The van der Waals surface area contributed by atoms with Crippen molar-refractivity contribution in [1.82, 2.24) is 15.4 Å². The summed E-state index contributed by atoms with van der Waals surface area (Å²) in [5, 5.41) is 24.1. The van der Waals surface area contributed by atoms with Crippen molar-refractivity contribution in [3.63, 3.8) is 0 Å². The molecule has 1 aromatic heterocycles. The second kappa shape index (κ2) is 9.59. The lowest BCUT2D eigenvalue weighted by atomic mass is 10.0. The number of nitrogens with one attached hydrogen (secondary N) is 2. The molecule has 3 rings (SSSR count). The number of nitrogens with zero attached hydrogens (tertiary/aromatic N) is 2. The second-order valence-electron chi connectivity index (χ2n) is 7.85. The zero-order chi connectivity index (χ0) is 22.5. The predicted molar refractivity (Wildman–Crippen MR) is 117 cm³/mol. The van der Waals surface area contributed by atoms with Gasteiger partial charge in [-0.25, -0.2) is 0 Å². The standard InChI is InChI=1S/C23H28N4O4/c1-14(24)11-19(28)12-21(29)27-10-4-5-20(27)23(30)25-13-17-6-8-18(9-7-17)22-15(2)26-31-16(22)3/h6-9,11,20,24,28H,4-5,10,12-13H2,1-3H3,(H,25,30)/b19-11-,24-14?/t20-/m0/s1. The number of allylic oxidation sites excluding steroid dienone is 1. The Bertz CT molecular complexity index is 988. The van der Waals surface area contributed by atoms with Crippen LogP contribution in [0.25, 0.3) is 11.1 Å². The first-order chi connectivity index (χ1) is 14.8. The van der Waals surface area contributed by atoms with Crippen molar-refractivity contribution >= 4 is 17.5 Å². The van der Waals surface area contributed by atoms with E-state index in [0.29, 0.717) is 19.5 Å². The third-order valence-corrected chi connectivity index (χ3v) is 5.33. The molecule has 1 aliphatic heterocycles. The highest BCUT2D eigenvalue weighted by molar-refractivity contribution is 5.92. The highest BCUT2D eigenvalue weighted by Crippen LogP contribution is 2.27. The van der Waals surface area contributed by atoms with Crippen molar-refractivity contribution in [3.8, 4) is 11.1 Å². The summed E-state index contributed by atoms with van der Waals surface area (Å²) in [6, 6.07) is 7.30. The van der Waals surface area contributed by atoms with E-state index in [-0.39, 0.29) is 29.7 Å². The molecule has 0 aliphatic carbocycles. The minimum atomic E-state index is -0.539. The van der Waals surface area contributed by atoms with Gasteiger partial charge in [0, 0.05) is 24.4 Å². The number of carbonyl (C=O) groups excluding carboxylic acids is 2. The molecule has 2 amide bonds. The smallest absolute Gasteiger partial charge is 0.243 e. The van der Waals surface area contributed by atoms with E-state index in [2.05, 4.69) is 10.5 Å². The molecule has 31 heavy (non-hydrogen) atoms. The molecule has 0 unspecified atom stereocenters. The van der Waals surface area contributed by atoms with E-state index < -0.39 is 6.04 Å². The van der Waals surface area contributed by atoms with Gasteiger partial charge < -0.3 is 25.3 Å². The molecular formula is C23H28N4O4. The third-order valence-electron chi connectivity index (χ3n) is 5.33. The molecule has 3 N–H and O–H groups in total. The highest BCUT2D eigenvalue weighted by Gasteiger charge is 2.34. The van der Waals surface area contributed by atoms with Crippen LogP contribution in [0.5, 0.6) is 0 Å². The molecule has 0 saturated carbocycles. The van der Waals surface area contributed by atoms with Crippen LogP contribution < -0.4 is 5.32 Å². The van der Waals surface area contributed by atoms with Crippen LogP contribution in [0.4, 0.5) is 0 Å². The van der Waals surface area contributed by atoms with E-state index >= 15 is 0 Å². The summed E-state index contributed by atoms with van der Waals surface area (Å²) in [7, 11) is 0. The molecule has 1 atom stereocenters. The van der Waals surface area contributed by atoms with E-state index in [1.807, 2.05) is 38.1 Å². The number of aryl methyl sites for hydroxylation is 2. The van der Waals surface area contributed by atoms with Crippen LogP contribution in [0.2, 0.25) is 0 Å². The van der Waals surface area contributed by atoms with E-state index in [0.717, 1.165) is 34.6 Å². The average molecular weight is 425 g/mol. The summed E-state index contributed by atoms with van der Waals surface area (Å²) in [5.41, 5.74) is 3.93. The molecule has 2 aromatic rings. The second-order valence-corrected chi connectivity index (χ2v) is 7.85. The van der Waals surface area contributed by atoms with E-state index in [1.54, 1.807) is 0 Å². The number of rotatable bonds is 7. The summed E-state index contributed by atoms with van der Waals surface area (Å²) in [6.07, 6.45) is 2.37. The molecule has 1 saturated heterocycles. The van der Waals surface area contributed by atoms with Gasteiger partial charge >= 0.3 is 0 Å². The SMILES string of the molecule is CC(=N)/C=C(\O)CC(=O)N1CCC[C@H]1C(=O)NCc1ccc(-c2c(C)noc2C)cc1. The Kier molecular flexibility index (Phi) is 6.89. The largest absolute Gasteiger partial charge is 0.512 e. The Morgan fingerprint density at radius 2 is 2.03 bits per heavy atom. The van der Waals surface area contributed by atoms with Crippen LogP contribution >= 0.6 is 0 Å². The topological polar surface area (TPSA) is 120 Å². The Hall–Kier alpha value is -3.42. The average Bonchev–Trinajstić information content (AvgIpc) is 3.33. The van der Waals surface area contributed by atoms with Gasteiger partial charge in [0.05, 0.1) is 12.1 Å². The molecule has 0 radical (unpaired) electrons. The first-order valence-electron chi connectivity index (χ1n) is 10.3. The van der Waals surface area contributed by atoms with Gasteiger partial charge in [-0.05, 0) is 50.8 Å². The van der Waals surface area contributed by atoms with Crippen LogP contribution in [-0.4, -0.2) is 45.3 Å². The van der Waals surface area contributed by atoms with Crippen molar-refractivity contribution in [3.05, 3.63) is 53.1 Å². The number of aromatic nitrogens is 1. The minimum absolute atomic E-state index is 0.165. The van der Waals surface area contributed by atoms with Crippen molar-refractivity contribution in [2.75, 3.05) is 6.54 Å². The number of amides is 2. The quantitative estimate of drug-likeness (QED) is 0.465. The molecule has 1 aliphatic rings. The number of hydrogen-bond donors (Lipinski definition) is 3. The molecule has 164 valence electrons. The summed E-state index contributed by atoms with van der Waals surface area (Å²) in [6.45, 7) is 6.14. The number of hydrogen-bond acceptors (Lipinski definition) is 6. The van der Waals surface area contributed by atoms with Crippen LogP contribution in [0.1, 0.15) is 43.2 Å². The lowest BCUT2D eigenvalue weighted by Crippen LogP contribution is -2.45. The van der Waals surface area contributed by atoms with E-state index in [9.17, 15) is 14.7 Å². The molecule has 2 heterocycles. The van der Waals surface area contributed by atoms with Gasteiger partial charge in [0.1, 0.15) is 17.6 Å². The minimum Gasteiger partial charge on any atom is -0.512 e.